The van der Waals surface area contributed by atoms with Crippen molar-refractivity contribution in [1.29, 1.82) is 0 Å². The van der Waals surface area contributed by atoms with Crippen LogP contribution in [0.15, 0.2) is 53.0 Å². The van der Waals surface area contributed by atoms with Gasteiger partial charge in [0, 0.05) is 24.1 Å². The van der Waals surface area contributed by atoms with Gasteiger partial charge in [-0.2, -0.15) is 0 Å². The molecule has 0 saturated heterocycles. The van der Waals surface area contributed by atoms with E-state index in [1.54, 1.807) is 13.2 Å². The maximum absolute atomic E-state index is 13.9. The van der Waals surface area contributed by atoms with Crippen LogP contribution in [0, 0.1) is 17.8 Å². The number of carbonyl (C=O) groups excluding carboxylic acids is 3. The Balaban J connectivity index is 1.62. The second-order valence-electron chi connectivity index (χ2n) is 10.7. The van der Waals surface area contributed by atoms with Gasteiger partial charge in [-0.05, 0) is 72.7 Å². The molecule has 2 aromatic carbocycles. The number of phenols is 1. The van der Waals surface area contributed by atoms with Gasteiger partial charge in [0.05, 0.1) is 18.6 Å². The summed E-state index contributed by atoms with van der Waals surface area (Å²) in [5.74, 6) is -4.85. The Morgan fingerprint density at radius 3 is 2.42 bits per heavy atom. The number of phenolic OH excluding ortho intramolecular Hbond substituents is 1. The molecule has 1 amide bonds. The fourth-order valence-corrected chi connectivity index (χ4v) is 6.66. The predicted octanol–water partition coefficient (Wildman–Crippen LogP) is 3.98. The Labute approximate surface area is 232 Å². The summed E-state index contributed by atoms with van der Waals surface area (Å²) in [5, 5.41) is 32.5. The lowest BCUT2D eigenvalue weighted by Crippen LogP contribution is -2.43. The maximum Gasteiger partial charge on any atom is 0.255 e. The van der Waals surface area contributed by atoms with Gasteiger partial charge in [-0.3, -0.25) is 19.3 Å². The van der Waals surface area contributed by atoms with Crippen LogP contribution < -0.4 is 10.5 Å². The van der Waals surface area contributed by atoms with Crippen LogP contribution in [0.1, 0.15) is 48.2 Å². The monoisotopic (exact) mass is 546 g/mol. The largest absolute Gasteiger partial charge is 0.511 e. The quantitative estimate of drug-likeness (QED) is 0.381. The first-order valence-electron chi connectivity index (χ1n) is 13.6. The van der Waals surface area contributed by atoms with Gasteiger partial charge in [0.1, 0.15) is 28.6 Å². The molecule has 5 N–H and O–H groups in total. The number of nitrogens with two attached hydrogens (primary N) is 1. The molecule has 3 aliphatic rings. The summed E-state index contributed by atoms with van der Waals surface area (Å²) < 4.78 is 5.69. The number of hydrogen-bond donors (Lipinski definition) is 4. The van der Waals surface area contributed by atoms with Crippen molar-refractivity contribution in [3.8, 4) is 22.6 Å². The first-order valence-corrected chi connectivity index (χ1v) is 13.6. The van der Waals surface area contributed by atoms with Gasteiger partial charge in [0.15, 0.2) is 11.6 Å². The van der Waals surface area contributed by atoms with E-state index in [0.29, 0.717) is 24.2 Å². The van der Waals surface area contributed by atoms with Crippen LogP contribution >= 0.6 is 0 Å². The average molecular weight is 547 g/mol. The number of fused-ring (bicyclic) bond motifs is 3. The number of benzene rings is 2. The second kappa shape index (κ2) is 10.5. The van der Waals surface area contributed by atoms with E-state index in [4.69, 9.17) is 10.5 Å². The molecule has 0 aliphatic heterocycles. The van der Waals surface area contributed by atoms with Gasteiger partial charge in [-0.1, -0.05) is 26.0 Å². The summed E-state index contributed by atoms with van der Waals surface area (Å²) in [5.41, 5.74) is 8.21. The molecular formula is C31H34N2O7. The van der Waals surface area contributed by atoms with E-state index >= 15 is 0 Å². The van der Waals surface area contributed by atoms with Crippen molar-refractivity contribution in [1.82, 2.24) is 4.90 Å². The molecule has 3 unspecified atom stereocenters. The van der Waals surface area contributed by atoms with Crippen molar-refractivity contribution in [2.45, 2.75) is 39.7 Å². The van der Waals surface area contributed by atoms with Gasteiger partial charge >= 0.3 is 0 Å². The van der Waals surface area contributed by atoms with E-state index in [1.807, 2.05) is 18.2 Å². The van der Waals surface area contributed by atoms with Crippen molar-refractivity contribution in [3.63, 3.8) is 0 Å². The zero-order valence-corrected chi connectivity index (χ0v) is 22.9. The lowest BCUT2D eigenvalue weighted by molar-refractivity contribution is -0.126. The number of rotatable bonds is 7. The number of amides is 1. The fraction of sp³-hybridized carbons (Fsp3) is 0.387. The average Bonchev–Trinajstić information content (AvgIpc) is 2.91. The van der Waals surface area contributed by atoms with E-state index in [2.05, 4.69) is 18.7 Å². The van der Waals surface area contributed by atoms with Gasteiger partial charge in [-0.15, -0.1) is 0 Å². The van der Waals surface area contributed by atoms with Crippen LogP contribution in [0.5, 0.6) is 11.5 Å². The normalized spacial score (nSPS) is 22.2. The molecule has 0 spiro atoms. The van der Waals surface area contributed by atoms with E-state index < -0.39 is 46.6 Å². The highest BCUT2D eigenvalue weighted by molar-refractivity contribution is 6.22. The number of ketones is 2. The van der Waals surface area contributed by atoms with Crippen LogP contribution in [0.2, 0.25) is 0 Å². The highest BCUT2D eigenvalue weighted by Crippen LogP contribution is 2.51. The van der Waals surface area contributed by atoms with Crippen molar-refractivity contribution >= 4 is 17.5 Å². The number of hydrogen-bond acceptors (Lipinski definition) is 8. The van der Waals surface area contributed by atoms with Crippen LogP contribution in [0.3, 0.4) is 0 Å². The van der Waals surface area contributed by atoms with Crippen LogP contribution in [0.25, 0.3) is 11.1 Å². The Morgan fingerprint density at radius 1 is 1.05 bits per heavy atom. The number of aliphatic hydroxyl groups is 2. The molecule has 0 aromatic heterocycles. The lowest BCUT2D eigenvalue weighted by Gasteiger charge is -2.41. The number of allylic oxidation sites excluding steroid dienone is 3. The van der Waals surface area contributed by atoms with Crippen molar-refractivity contribution in [3.05, 3.63) is 69.7 Å². The molecule has 40 heavy (non-hydrogen) atoms. The molecular weight excluding hydrogens is 512 g/mol. The van der Waals surface area contributed by atoms with Crippen LogP contribution in [-0.2, 0) is 22.6 Å². The summed E-state index contributed by atoms with van der Waals surface area (Å²) in [4.78, 5) is 41.1. The summed E-state index contributed by atoms with van der Waals surface area (Å²) in [6.07, 6.45) is 0.668. The van der Waals surface area contributed by atoms with E-state index in [-0.39, 0.29) is 29.1 Å². The van der Waals surface area contributed by atoms with Crippen molar-refractivity contribution in [2.24, 2.45) is 23.5 Å². The predicted molar refractivity (Wildman–Crippen MR) is 148 cm³/mol. The highest BCUT2D eigenvalue weighted by atomic mass is 16.5. The first kappa shape index (κ1) is 27.5. The van der Waals surface area contributed by atoms with E-state index in [0.717, 1.165) is 36.3 Å². The van der Waals surface area contributed by atoms with Gasteiger partial charge < -0.3 is 25.8 Å². The molecule has 0 heterocycles. The zero-order valence-electron chi connectivity index (χ0n) is 22.9. The molecule has 0 bridgehead atoms. The molecule has 3 atom stereocenters. The summed E-state index contributed by atoms with van der Waals surface area (Å²) >= 11 is 0. The summed E-state index contributed by atoms with van der Waals surface area (Å²) in [7, 11) is 1.58. The third-order valence-corrected chi connectivity index (χ3v) is 8.62. The molecule has 210 valence electrons. The SMILES string of the molecule is CCN(CC)Cc1ccc(OC)c(-c2ccc(O)c3c2CC2CC4CC(O)=C(C(N)=O)C(=O)C4C(O)=C2C3=O)c1. The smallest absolute Gasteiger partial charge is 0.255 e. The Hall–Kier alpha value is -4.11. The number of methoxy groups -OCH3 is 1. The second-order valence-corrected chi connectivity index (χ2v) is 10.7. The van der Waals surface area contributed by atoms with Crippen molar-refractivity contribution < 1.29 is 34.4 Å². The molecule has 5 rings (SSSR count). The number of primary amides is 1. The third-order valence-electron chi connectivity index (χ3n) is 8.62. The summed E-state index contributed by atoms with van der Waals surface area (Å²) in [6, 6.07) is 9.20. The highest BCUT2D eigenvalue weighted by Gasteiger charge is 2.50. The number of aliphatic hydroxyl groups excluding tert-OH is 2. The molecule has 9 nitrogen and oxygen atoms in total. The van der Waals surface area contributed by atoms with E-state index in [1.165, 1.54) is 6.07 Å². The van der Waals surface area contributed by atoms with Crippen LogP contribution in [-0.4, -0.2) is 57.9 Å². The topological polar surface area (TPSA) is 150 Å². The molecule has 9 heteroatoms. The number of carbonyl (C=O) groups is 3. The molecule has 3 aliphatic carbocycles. The summed E-state index contributed by atoms with van der Waals surface area (Å²) in [6.45, 7) is 6.76. The number of nitrogens with zero attached hydrogens (tertiary/aromatic N) is 1. The van der Waals surface area contributed by atoms with Gasteiger partial charge in [0.25, 0.3) is 5.91 Å². The van der Waals surface area contributed by atoms with Gasteiger partial charge in [-0.25, -0.2) is 0 Å². The minimum absolute atomic E-state index is 0.00229. The van der Waals surface area contributed by atoms with E-state index in [9.17, 15) is 29.7 Å². The van der Waals surface area contributed by atoms with Gasteiger partial charge in [0.2, 0.25) is 0 Å². The first-order chi connectivity index (χ1) is 19.1. The third kappa shape index (κ3) is 4.34. The minimum atomic E-state index is -1.14. The number of Topliss-reactive ketones (excluding diaryl/α,β-unsaturated/α-hetero) is 2. The molecule has 2 aromatic rings. The van der Waals surface area contributed by atoms with Crippen molar-refractivity contribution in [2.75, 3.05) is 20.2 Å². The number of aromatic hydroxyl groups is 1. The molecule has 0 saturated carbocycles. The molecule has 0 radical (unpaired) electrons. The maximum atomic E-state index is 13.9. The van der Waals surface area contributed by atoms with Crippen LogP contribution in [0.4, 0.5) is 0 Å². The lowest BCUT2D eigenvalue weighted by atomic mass is 9.62. The Bertz CT molecular complexity index is 1480. The minimum Gasteiger partial charge on any atom is -0.511 e. The molecule has 0 fully saturated rings. The standard InChI is InChI=1S/C31H34N2O7/c1-4-33(5-2)14-15-6-9-23(40-3)19(10-15)18-7-8-21(34)26-20(18)12-16-11-17-13-22(35)27(31(32)39)30(38)25(17)28(36)24(16)29(26)37/h6-10,16-17,25,34-36H,4-5,11-14H2,1-3H3,(H2,32,39). The Morgan fingerprint density at radius 2 is 1.77 bits per heavy atom. The Kier molecular flexibility index (Phi) is 7.18. The fourth-order valence-electron chi connectivity index (χ4n) is 6.66. The zero-order chi connectivity index (χ0) is 28.9. The number of ether oxygens (including phenoxy) is 1.